The summed E-state index contributed by atoms with van der Waals surface area (Å²) in [6, 6.07) is 5.99. The molecular formula is C19H34O5S. The van der Waals surface area contributed by atoms with Gasteiger partial charge in [-0.05, 0) is 58.6 Å². The number of ether oxygens (including phenoxy) is 1. The molecule has 2 N–H and O–H groups in total. The van der Waals surface area contributed by atoms with Gasteiger partial charge in [-0.2, -0.15) is 8.42 Å². The van der Waals surface area contributed by atoms with Crippen molar-refractivity contribution in [1.82, 2.24) is 0 Å². The predicted octanol–water partition coefficient (Wildman–Crippen LogP) is 4.23. The van der Waals surface area contributed by atoms with Gasteiger partial charge in [0.25, 0.3) is 10.1 Å². The van der Waals surface area contributed by atoms with Gasteiger partial charge in [0.1, 0.15) is 0 Å². The van der Waals surface area contributed by atoms with Crippen LogP contribution in [0.3, 0.4) is 0 Å². The molecule has 146 valence electrons. The third-order valence-corrected chi connectivity index (χ3v) is 4.96. The molecule has 0 radical (unpaired) electrons. The molecule has 25 heavy (non-hydrogen) atoms. The van der Waals surface area contributed by atoms with Crippen LogP contribution in [0.4, 0.5) is 0 Å². The third kappa shape index (κ3) is 12.1. The lowest BCUT2D eigenvalue weighted by Gasteiger charge is -2.23. The minimum Gasteiger partial charge on any atom is -0.393 e. The summed E-state index contributed by atoms with van der Waals surface area (Å²) < 4.78 is 34.9. The molecule has 0 aliphatic heterocycles. The van der Waals surface area contributed by atoms with Gasteiger partial charge in [-0.3, -0.25) is 4.55 Å². The average molecular weight is 375 g/mol. The highest BCUT2D eigenvalue weighted by Gasteiger charge is 2.16. The van der Waals surface area contributed by atoms with E-state index < -0.39 is 10.1 Å². The maximum absolute atomic E-state index is 10.5. The Balaban J connectivity index is 0.000000472. The summed E-state index contributed by atoms with van der Waals surface area (Å²) in [5, 5.41) is 9.20. The van der Waals surface area contributed by atoms with E-state index in [0.29, 0.717) is 5.92 Å². The van der Waals surface area contributed by atoms with Crippen LogP contribution in [-0.4, -0.2) is 36.9 Å². The van der Waals surface area contributed by atoms with Crippen LogP contribution in [0.1, 0.15) is 58.9 Å². The van der Waals surface area contributed by atoms with E-state index in [4.69, 9.17) is 9.29 Å². The van der Waals surface area contributed by atoms with Crippen molar-refractivity contribution >= 4 is 10.1 Å². The SMILES string of the molecule is COC(C)(C)CCCC(C)CC(C)O.Cc1ccc(S(=O)(=O)O)cc1. The lowest BCUT2D eigenvalue weighted by Crippen LogP contribution is -2.22. The van der Waals surface area contributed by atoms with E-state index in [1.807, 2.05) is 13.8 Å². The molecule has 0 heterocycles. The summed E-state index contributed by atoms with van der Waals surface area (Å²) in [6.07, 6.45) is 4.19. The van der Waals surface area contributed by atoms with Crippen LogP contribution in [0.15, 0.2) is 29.2 Å². The molecule has 0 saturated carbocycles. The Labute approximate surface area is 153 Å². The van der Waals surface area contributed by atoms with Crippen LogP contribution >= 0.6 is 0 Å². The van der Waals surface area contributed by atoms with Crippen molar-refractivity contribution in [2.45, 2.75) is 76.9 Å². The molecule has 1 aromatic carbocycles. The Morgan fingerprint density at radius 2 is 1.68 bits per heavy atom. The minimum atomic E-state index is -4.02. The van der Waals surface area contributed by atoms with Crippen LogP contribution in [0, 0.1) is 12.8 Å². The van der Waals surface area contributed by atoms with Gasteiger partial charge >= 0.3 is 0 Å². The maximum Gasteiger partial charge on any atom is 0.294 e. The Morgan fingerprint density at radius 1 is 1.16 bits per heavy atom. The number of methoxy groups -OCH3 is 1. The monoisotopic (exact) mass is 374 g/mol. The van der Waals surface area contributed by atoms with Crippen LogP contribution in [0.2, 0.25) is 0 Å². The summed E-state index contributed by atoms with van der Waals surface area (Å²) in [5.41, 5.74) is 0.960. The molecule has 0 bridgehead atoms. The van der Waals surface area contributed by atoms with Crippen molar-refractivity contribution in [3.8, 4) is 0 Å². The van der Waals surface area contributed by atoms with E-state index in [1.54, 1.807) is 19.2 Å². The van der Waals surface area contributed by atoms with Gasteiger partial charge in [0.15, 0.2) is 0 Å². The molecule has 0 fully saturated rings. The van der Waals surface area contributed by atoms with Gasteiger partial charge in [0.05, 0.1) is 16.6 Å². The highest BCUT2D eigenvalue weighted by atomic mass is 32.2. The fraction of sp³-hybridized carbons (Fsp3) is 0.684. The molecule has 0 aromatic heterocycles. The van der Waals surface area contributed by atoms with Gasteiger partial charge in [-0.1, -0.05) is 37.5 Å². The first-order chi connectivity index (χ1) is 11.4. The highest BCUT2D eigenvalue weighted by Crippen LogP contribution is 2.20. The highest BCUT2D eigenvalue weighted by molar-refractivity contribution is 7.85. The average Bonchev–Trinajstić information content (AvgIpc) is 2.46. The molecule has 0 amide bonds. The van der Waals surface area contributed by atoms with Crippen LogP contribution in [0.25, 0.3) is 0 Å². The molecule has 1 aromatic rings. The van der Waals surface area contributed by atoms with Gasteiger partial charge in [0, 0.05) is 7.11 Å². The molecule has 0 saturated heterocycles. The minimum absolute atomic E-state index is 0.00451. The molecule has 6 heteroatoms. The zero-order valence-electron chi connectivity index (χ0n) is 16.3. The Bertz CT molecular complexity index is 576. The van der Waals surface area contributed by atoms with E-state index in [9.17, 15) is 13.5 Å². The van der Waals surface area contributed by atoms with Crippen LogP contribution < -0.4 is 0 Å². The summed E-state index contributed by atoms with van der Waals surface area (Å²) in [5.74, 6) is 0.614. The number of aryl methyl sites for hydroxylation is 1. The molecule has 0 aliphatic rings. The summed E-state index contributed by atoms with van der Waals surface area (Å²) in [4.78, 5) is -0.0666. The number of rotatable bonds is 8. The second-order valence-electron chi connectivity index (χ2n) is 7.33. The van der Waals surface area contributed by atoms with Crippen molar-refractivity contribution in [2.24, 2.45) is 5.92 Å². The Morgan fingerprint density at radius 3 is 2.08 bits per heavy atom. The number of aliphatic hydroxyl groups is 1. The quantitative estimate of drug-likeness (QED) is 0.665. The van der Waals surface area contributed by atoms with Gasteiger partial charge in [-0.25, -0.2) is 0 Å². The lowest BCUT2D eigenvalue weighted by molar-refractivity contribution is 0.0124. The van der Waals surface area contributed by atoms with Crippen molar-refractivity contribution in [3.63, 3.8) is 0 Å². The lowest BCUT2D eigenvalue weighted by atomic mass is 9.94. The van der Waals surface area contributed by atoms with Crippen LogP contribution in [0.5, 0.6) is 0 Å². The first-order valence-electron chi connectivity index (χ1n) is 8.64. The van der Waals surface area contributed by atoms with Gasteiger partial charge in [-0.15, -0.1) is 0 Å². The molecule has 0 spiro atoms. The fourth-order valence-corrected chi connectivity index (χ4v) is 2.87. The Kier molecular flexibility index (Phi) is 10.5. The number of hydrogen-bond donors (Lipinski definition) is 2. The van der Waals surface area contributed by atoms with E-state index >= 15 is 0 Å². The molecule has 5 nitrogen and oxygen atoms in total. The van der Waals surface area contributed by atoms with E-state index in [1.165, 1.54) is 25.0 Å². The van der Waals surface area contributed by atoms with Crippen LogP contribution in [-0.2, 0) is 14.9 Å². The number of hydrogen-bond acceptors (Lipinski definition) is 4. The molecule has 2 atom stereocenters. The predicted molar refractivity (Wildman–Crippen MR) is 101 cm³/mol. The van der Waals surface area contributed by atoms with E-state index in [2.05, 4.69) is 20.8 Å². The smallest absolute Gasteiger partial charge is 0.294 e. The maximum atomic E-state index is 10.5. The number of benzene rings is 1. The normalized spacial score (nSPS) is 14.4. The fourth-order valence-electron chi connectivity index (χ4n) is 2.39. The Hall–Kier alpha value is -0.950. The summed E-state index contributed by atoms with van der Waals surface area (Å²) in [7, 11) is -2.26. The first kappa shape index (κ1) is 24.1. The zero-order valence-corrected chi connectivity index (χ0v) is 17.1. The first-order valence-corrected chi connectivity index (χ1v) is 10.1. The third-order valence-electron chi connectivity index (χ3n) is 4.09. The second-order valence-corrected chi connectivity index (χ2v) is 8.76. The molecular weight excluding hydrogens is 340 g/mol. The van der Waals surface area contributed by atoms with Crippen molar-refractivity contribution < 1.29 is 22.8 Å². The largest absolute Gasteiger partial charge is 0.393 e. The molecule has 1 rings (SSSR count). The van der Waals surface area contributed by atoms with E-state index in [-0.39, 0.29) is 16.6 Å². The molecule has 0 aliphatic carbocycles. The van der Waals surface area contributed by atoms with Crippen molar-refractivity contribution in [3.05, 3.63) is 29.8 Å². The molecule has 2 unspecified atom stereocenters. The van der Waals surface area contributed by atoms with Crippen molar-refractivity contribution in [2.75, 3.05) is 7.11 Å². The van der Waals surface area contributed by atoms with Crippen molar-refractivity contribution in [1.29, 1.82) is 0 Å². The standard InChI is InChI=1S/C12H26O2.C7H8O3S/c1-10(9-11(2)13)7-6-8-12(3,4)14-5;1-6-2-4-7(5-3-6)11(8,9)10/h10-11,13H,6-9H2,1-5H3;2-5H,1H3,(H,8,9,10). The number of aliphatic hydroxyl groups excluding tert-OH is 1. The summed E-state index contributed by atoms with van der Waals surface area (Å²) in [6.45, 7) is 10.1. The topological polar surface area (TPSA) is 83.8 Å². The van der Waals surface area contributed by atoms with Gasteiger partial charge < -0.3 is 9.84 Å². The zero-order chi connectivity index (χ0) is 19.7. The second kappa shape index (κ2) is 10.9. The van der Waals surface area contributed by atoms with E-state index in [0.717, 1.165) is 18.4 Å². The van der Waals surface area contributed by atoms with Gasteiger partial charge in [0.2, 0.25) is 0 Å². The summed E-state index contributed by atoms with van der Waals surface area (Å²) >= 11 is 0.